The van der Waals surface area contributed by atoms with E-state index in [1.54, 1.807) is 24.3 Å². The van der Waals surface area contributed by atoms with Gasteiger partial charge >= 0.3 is 5.97 Å². The highest BCUT2D eigenvalue weighted by molar-refractivity contribution is 9.10. The molecule has 2 aromatic carbocycles. The molecule has 0 aliphatic rings. The van der Waals surface area contributed by atoms with Crippen LogP contribution in [0.15, 0.2) is 53.0 Å². The van der Waals surface area contributed by atoms with Crippen molar-refractivity contribution in [2.75, 3.05) is 5.32 Å². The minimum Gasteiger partial charge on any atom is -0.449 e. The lowest BCUT2D eigenvalue weighted by Crippen LogP contribution is -2.30. The first kappa shape index (κ1) is 16.2. The average Bonchev–Trinajstić information content (AvgIpc) is 2.49. The molecule has 0 aliphatic heterocycles. The Kier molecular flexibility index (Phi) is 5.27. The van der Waals surface area contributed by atoms with Gasteiger partial charge in [-0.2, -0.15) is 0 Å². The van der Waals surface area contributed by atoms with Gasteiger partial charge in [0.25, 0.3) is 5.91 Å². The maximum absolute atomic E-state index is 12.8. The Labute approximate surface area is 135 Å². The van der Waals surface area contributed by atoms with Crippen LogP contribution in [0.1, 0.15) is 17.3 Å². The third-order valence-electron chi connectivity index (χ3n) is 2.83. The molecule has 0 radical (unpaired) electrons. The summed E-state index contributed by atoms with van der Waals surface area (Å²) in [6.07, 6.45) is -0.975. The molecule has 0 heterocycles. The van der Waals surface area contributed by atoms with Crippen LogP contribution in [0.2, 0.25) is 0 Å². The van der Waals surface area contributed by atoms with Crippen LogP contribution < -0.4 is 5.32 Å². The quantitative estimate of drug-likeness (QED) is 0.839. The molecule has 0 fully saturated rings. The maximum Gasteiger partial charge on any atom is 0.338 e. The molecular formula is C16H13BrFNO3. The summed E-state index contributed by atoms with van der Waals surface area (Å²) in [4.78, 5) is 23.9. The van der Waals surface area contributed by atoms with Crippen molar-refractivity contribution in [3.63, 3.8) is 0 Å². The van der Waals surface area contributed by atoms with E-state index in [2.05, 4.69) is 21.2 Å². The Morgan fingerprint density at radius 1 is 1.18 bits per heavy atom. The highest BCUT2D eigenvalue weighted by Crippen LogP contribution is 2.14. The number of anilines is 1. The van der Waals surface area contributed by atoms with Crippen LogP contribution in [0.25, 0.3) is 0 Å². The fourth-order valence-electron chi connectivity index (χ4n) is 1.67. The van der Waals surface area contributed by atoms with Crippen LogP contribution in [-0.2, 0) is 9.53 Å². The van der Waals surface area contributed by atoms with Gasteiger partial charge in [0, 0.05) is 10.2 Å². The molecule has 0 unspecified atom stereocenters. The molecule has 0 aliphatic carbocycles. The molecule has 114 valence electrons. The molecule has 6 heteroatoms. The smallest absolute Gasteiger partial charge is 0.338 e. The van der Waals surface area contributed by atoms with Crippen LogP contribution >= 0.6 is 15.9 Å². The number of halogens is 2. The minimum atomic E-state index is -0.975. The van der Waals surface area contributed by atoms with Crippen molar-refractivity contribution in [2.45, 2.75) is 13.0 Å². The first-order chi connectivity index (χ1) is 10.5. The summed E-state index contributed by atoms with van der Waals surface area (Å²) >= 11 is 3.26. The summed E-state index contributed by atoms with van der Waals surface area (Å²) in [5.41, 5.74) is 0.771. The number of nitrogens with one attached hydrogen (secondary N) is 1. The van der Waals surface area contributed by atoms with E-state index in [0.29, 0.717) is 11.3 Å². The van der Waals surface area contributed by atoms with Gasteiger partial charge in [0.05, 0.1) is 5.56 Å². The maximum atomic E-state index is 12.8. The van der Waals surface area contributed by atoms with Gasteiger partial charge in [0.15, 0.2) is 6.10 Å². The lowest BCUT2D eigenvalue weighted by atomic mass is 10.2. The van der Waals surface area contributed by atoms with Gasteiger partial charge in [0.1, 0.15) is 5.82 Å². The minimum absolute atomic E-state index is 0.343. The highest BCUT2D eigenvalue weighted by atomic mass is 79.9. The van der Waals surface area contributed by atoms with Crippen LogP contribution in [-0.4, -0.2) is 18.0 Å². The van der Waals surface area contributed by atoms with E-state index in [9.17, 15) is 14.0 Å². The average molecular weight is 366 g/mol. The molecule has 1 N–H and O–H groups in total. The number of ether oxygens (including phenoxy) is 1. The molecule has 0 bridgehead atoms. The second-order valence-corrected chi connectivity index (χ2v) is 5.47. The molecule has 0 saturated heterocycles. The number of esters is 1. The SMILES string of the molecule is C[C@@H](OC(=O)c1cccc(Br)c1)C(=O)Nc1ccc(F)cc1. The Bertz CT molecular complexity index is 688. The van der Waals surface area contributed by atoms with Gasteiger partial charge in [-0.1, -0.05) is 22.0 Å². The predicted octanol–water partition coefficient (Wildman–Crippen LogP) is 3.77. The Hall–Kier alpha value is -2.21. The van der Waals surface area contributed by atoms with Crippen LogP contribution in [0.5, 0.6) is 0 Å². The topological polar surface area (TPSA) is 55.4 Å². The molecule has 4 nitrogen and oxygen atoms in total. The summed E-state index contributed by atoms with van der Waals surface area (Å²) in [5, 5.41) is 2.55. The zero-order chi connectivity index (χ0) is 16.1. The van der Waals surface area contributed by atoms with Gasteiger partial charge in [-0.25, -0.2) is 9.18 Å². The third kappa shape index (κ3) is 4.39. The van der Waals surface area contributed by atoms with Crippen molar-refractivity contribution in [1.82, 2.24) is 0 Å². The first-order valence-electron chi connectivity index (χ1n) is 6.48. The van der Waals surface area contributed by atoms with Crippen LogP contribution in [0, 0.1) is 5.82 Å². The Morgan fingerprint density at radius 2 is 1.86 bits per heavy atom. The number of benzene rings is 2. The number of hydrogen-bond acceptors (Lipinski definition) is 3. The summed E-state index contributed by atoms with van der Waals surface area (Å²) in [5.74, 6) is -1.48. The summed E-state index contributed by atoms with van der Waals surface area (Å²) in [6.45, 7) is 1.47. The van der Waals surface area contributed by atoms with E-state index in [1.807, 2.05) is 0 Å². The molecule has 1 atom stereocenters. The molecule has 2 rings (SSSR count). The van der Waals surface area contributed by atoms with Crippen molar-refractivity contribution in [1.29, 1.82) is 0 Å². The van der Waals surface area contributed by atoms with Gasteiger partial charge in [0.2, 0.25) is 0 Å². The van der Waals surface area contributed by atoms with Gasteiger partial charge in [-0.15, -0.1) is 0 Å². The highest BCUT2D eigenvalue weighted by Gasteiger charge is 2.19. The van der Waals surface area contributed by atoms with Crippen molar-refractivity contribution < 1.29 is 18.7 Å². The summed E-state index contributed by atoms with van der Waals surface area (Å²) in [7, 11) is 0. The number of carbonyl (C=O) groups excluding carboxylic acids is 2. The number of amides is 1. The van der Waals surface area contributed by atoms with Gasteiger partial charge < -0.3 is 10.1 Å². The summed E-state index contributed by atoms with van der Waals surface area (Å²) in [6, 6.07) is 12.0. The zero-order valence-corrected chi connectivity index (χ0v) is 13.3. The van der Waals surface area contributed by atoms with Crippen LogP contribution in [0.3, 0.4) is 0 Å². The number of hydrogen-bond donors (Lipinski definition) is 1. The van der Waals surface area contributed by atoms with Crippen molar-refractivity contribution >= 4 is 33.5 Å². The molecule has 0 spiro atoms. The standard InChI is InChI=1S/C16H13BrFNO3/c1-10(15(20)19-14-7-5-13(18)6-8-14)22-16(21)11-3-2-4-12(17)9-11/h2-10H,1H3,(H,19,20)/t10-/m1/s1. The van der Waals surface area contributed by atoms with Crippen molar-refractivity contribution in [2.24, 2.45) is 0 Å². The van der Waals surface area contributed by atoms with E-state index in [4.69, 9.17) is 4.74 Å². The van der Waals surface area contributed by atoms with Gasteiger partial charge in [-0.3, -0.25) is 4.79 Å². The third-order valence-corrected chi connectivity index (χ3v) is 3.32. The predicted molar refractivity (Wildman–Crippen MR) is 84.0 cm³/mol. The first-order valence-corrected chi connectivity index (χ1v) is 7.28. The lowest BCUT2D eigenvalue weighted by molar-refractivity contribution is -0.123. The Balaban J connectivity index is 1.96. The number of carbonyl (C=O) groups is 2. The Morgan fingerprint density at radius 3 is 2.50 bits per heavy atom. The second-order valence-electron chi connectivity index (χ2n) is 4.55. The molecule has 0 aromatic heterocycles. The van der Waals surface area contributed by atoms with E-state index in [-0.39, 0.29) is 0 Å². The van der Waals surface area contributed by atoms with E-state index in [0.717, 1.165) is 4.47 Å². The zero-order valence-electron chi connectivity index (χ0n) is 11.7. The van der Waals surface area contributed by atoms with E-state index in [1.165, 1.54) is 31.2 Å². The molecule has 22 heavy (non-hydrogen) atoms. The molecular weight excluding hydrogens is 353 g/mol. The molecule has 0 saturated carbocycles. The second kappa shape index (κ2) is 7.17. The van der Waals surface area contributed by atoms with Gasteiger partial charge in [-0.05, 0) is 49.4 Å². The van der Waals surface area contributed by atoms with Crippen LogP contribution in [0.4, 0.5) is 10.1 Å². The van der Waals surface area contributed by atoms with Crippen molar-refractivity contribution in [3.8, 4) is 0 Å². The van der Waals surface area contributed by atoms with E-state index >= 15 is 0 Å². The molecule has 1 amide bonds. The number of rotatable bonds is 4. The van der Waals surface area contributed by atoms with E-state index < -0.39 is 23.8 Å². The lowest BCUT2D eigenvalue weighted by Gasteiger charge is -2.13. The van der Waals surface area contributed by atoms with Crippen molar-refractivity contribution in [3.05, 3.63) is 64.4 Å². The fourth-order valence-corrected chi connectivity index (χ4v) is 2.07. The monoisotopic (exact) mass is 365 g/mol. The normalized spacial score (nSPS) is 11.6. The largest absolute Gasteiger partial charge is 0.449 e. The summed E-state index contributed by atoms with van der Waals surface area (Å²) < 4.78 is 18.6. The fraction of sp³-hybridized carbons (Fsp3) is 0.125. The molecule has 2 aromatic rings.